The average molecular weight is 538 g/mol. The second kappa shape index (κ2) is 15.3. The van der Waals surface area contributed by atoms with Crippen LogP contribution in [0.1, 0.15) is 35.1 Å². The lowest BCUT2D eigenvalue weighted by Crippen LogP contribution is -2.52. The van der Waals surface area contributed by atoms with Gasteiger partial charge in [-0.15, -0.1) is 0 Å². The van der Waals surface area contributed by atoms with Crippen molar-refractivity contribution in [2.75, 3.05) is 18.1 Å². The van der Waals surface area contributed by atoms with E-state index < -0.39 is 42.8 Å². The lowest BCUT2D eigenvalue weighted by atomic mass is 9.92. The summed E-state index contributed by atoms with van der Waals surface area (Å²) in [5.41, 5.74) is 0. The van der Waals surface area contributed by atoms with Gasteiger partial charge in [0.15, 0.2) is 12.4 Å². The lowest BCUT2D eigenvalue weighted by Gasteiger charge is -2.38. The molecule has 2 rings (SSSR count). The highest BCUT2D eigenvalue weighted by Crippen LogP contribution is 2.26. The molecule has 0 aliphatic carbocycles. The number of carbonyl (C=O) groups is 2. The second-order valence-electron chi connectivity index (χ2n) is 6.39. The molecular formula is C18H35IO10. The van der Waals surface area contributed by atoms with E-state index in [0.717, 1.165) is 0 Å². The lowest BCUT2D eigenvalue weighted by molar-refractivity contribution is -0.252. The maximum absolute atomic E-state index is 11.0. The molecule has 29 heavy (non-hydrogen) atoms. The predicted molar refractivity (Wildman–Crippen MR) is 112 cm³/mol. The standard InChI is InChI=1S/C11H18O5.C5H10O5.CH3I.CH4/c1-6-7(2)14-5-10(15-8(3)12)11(6)16-9(4)13;6-2-1-10-5(9)4(8)3(2)7;1-2;/h6-7,10-11H,5H2,1-4H3;2-9H,1H2;1H3;1H4/t6-,7?,10+,11+;2-,3+,4-,5?;;/m01../s1. The summed E-state index contributed by atoms with van der Waals surface area (Å²) in [7, 11) is 0. The van der Waals surface area contributed by atoms with Crippen LogP contribution in [0.5, 0.6) is 0 Å². The molecule has 0 saturated carbocycles. The number of hydrogen-bond acceptors (Lipinski definition) is 10. The van der Waals surface area contributed by atoms with Crippen LogP contribution in [0, 0.1) is 5.92 Å². The average Bonchev–Trinajstić information content (AvgIpc) is 2.64. The normalized spacial score (nSPS) is 36.1. The zero-order valence-electron chi connectivity index (χ0n) is 16.6. The summed E-state index contributed by atoms with van der Waals surface area (Å²) in [6.45, 7) is 6.60. The Morgan fingerprint density at radius 2 is 1.41 bits per heavy atom. The Kier molecular flexibility index (Phi) is 16.1. The largest absolute Gasteiger partial charge is 0.458 e. The van der Waals surface area contributed by atoms with E-state index in [9.17, 15) is 9.59 Å². The van der Waals surface area contributed by atoms with Gasteiger partial charge in [0.25, 0.3) is 0 Å². The van der Waals surface area contributed by atoms with E-state index in [1.54, 1.807) is 0 Å². The molecule has 4 N–H and O–H groups in total. The molecule has 0 aromatic rings. The number of ether oxygens (including phenoxy) is 4. The van der Waals surface area contributed by atoms with Crippen molar-refractivity contribution in [2.24, 2.45) is 5.92 Å². The van der Waals surface area contributed by atoms with Crippen LogP contribution < -0.4 is 0 Å². The van der Waals surface area contributed by atoms with Gasteiger partial charge in [-0.05, 0) is 11.9 Å². The van der Waals surface area contributed by atoms with Crippen LogP contribution in [-0.4, -0.2) is 93.4 Å². The number of alkyl halides is 1. The van der Waals surface area contributed by atoms with Crippen LogP contribution >= 0.6 is 22.6 Å². The first kappa shape index (κ1) is 30.6. The molecule has 0 amide bonds. The summed E-state index contributed by atoms with van der Waals surface area (Å²) < 4.78 is 20.2. The Morgan fingerprint density at radius 1 is 0.897 bits per heavy atom. The fourth-order valence-electron chi connectivity index (χ4n) is 2.58. The minimum atomic E-state index is -1.41. The topological polar surface area (TPSA) is 152 Å². The summed E-state index contributed by atoms with van der Waals surface area (Å²) in [6.07, 6.45) is -6.18. The first-order valence-corrected chi connectivity index (χ1v) is 10.9. The van der Waals surface area contributed by atoms with Gasteiger partial charge in [0, 0.05) is 19.8 Å². The molecule has 2 fully saturated rings. The molecule has 8 atom stereocenters. The van der Waals surface area contributed by atoms with Crippen molar-refractivity contribution in [3.63, 3.8) is 0 Å². The van der Waals surface area contributed by atoms with Crippen molar-refractivity contribution in [1.82, 2.24) is 0 Å². The van der Waals surface area contributed by atoms with Gasteiger partial charge in [0.05, 0.1) is 19.3 Å². The summed E-state index contributed by atoms with van der Waals surface area (Å²) in [5, 5.41) is 35.3. The van der Waals surface area contributed by atoms with Crippen molar-refractivity contribution in [3.8, 4) is 0 Å². The molecule has 2 heterocycles. The fourth-order valence-corrected chi connectivity index (χ4v) is 2.58. The molecule has 0 aromatic heterocycles. The van der Waals surface area contributed by atoms with Gasteiger partial charge in [-0.1, -0.05) is 36.9 Å². The first-order chi connectivity index (χ1) is 13.0. The van der Waals surface area contributed by atoms with E-state index in [1.807, 2.05) is 18.8 Å². The molecule has 0 aromatic carbocycles. The minimum absolute atomic E-state index is 0. The van der Waals surface area contributed by atoms with Crippen molar-refractivity contribution >= 4 is 34.5 Å². The Bertz CT molecular complexity index is 464. The molecule has 2 aliphatic heterocycles. The number of rotatable bonds is 2. The van der Waals surface area contributed by atoms with E-state index in [1.165, 1.54) is 13.8 Å². The Morgan fingerprint density at radius 3 is 1.86 bits per heavy atom. The summed E-state index contributed by atoms with van der Waals surface area (Å²) >= 11 is 2.15. The van der Waals surface area contributed by atoms with Crippen LogP contribution in [0.25, 0.3) is 0 Å². The van der Waals surface area contributed by atoms with E-state index in [2.05, 4.69) is 27.3 Å². The molecular weight excluding hydrogens is 503 g/mol. The Hall–Kier alpha value is -0.570. The van der Waals surface area contributed by atoms with Crippen molar-refractivity contribution < 1.29 is 49.0 Å². The van der Waals surface area contributed by atoms with Crippen molar-refractivity contribution in [3.05, 3.63) is 0 Å². The summed E-state index contributed by atoms with van der Waals surface area (Å²) in [6, 6.07) is 0. The molecule has 0 spiro atoms. The number of esters is 2. The Balaban J connectivity index is 0. The van der Waals surface area contributed by atoms with Gasteiger partial charge in [-0.25, -0.2) is 0 Å². The van der Waals surface area contributed by atoms with Crippen molar-refractivity contribution in [2.45, 2.75) is 78.0 Å². The quantitative estimate of drug-likeness (QED) is 0.215. The van der Waals surface area contributed by atoms with Gasteiger partial charge in [-0.3, -0.25) is 9.59 Å². The van der Waals surface area contributed by atoms with Gasteiger partial charge < -0.3 is 39.4 Å². The number of aliphatic hydroxyl groups excluding tert-OH is 4. The van der Waals surface area contributed by atoms with E-state index in [-0.39, 0.29) is 38.6 Å². The number of carbonyl (C=O) groups excluding carboxylic acids is 2. The first-order valence-electron chi connectivity index (χ1n) is 8.72. The zero-order chi connectivity index (χ0) is 22.0. The fraction of sp³-hybridized carbons (Fsp3) is 0.889. The van der Waals surface area contributed by atoms with Crippen LogP contribution in [0.15, 0.2) is 0 Å². The smallest absolute Gasteiger partial charge is 0.303 e. The highest BCUT2D eigenvalue weighted by molar-refractivity contribution is 14.1. The SMILES string of the molecule is C.CC(=O)O[C@H]1[C@H](OC(C)=O)COC(C)[C@@H]1C.CI.OC1OC[C@@H](O)[C@H](O)[C@H]1O. The summed E-state index contributed by atoms with van der Waals surface area (Å²) in [5.74, 6) is -0.766. The molecule has 2 saturated heterocycles. The number of hydrogen-bond donors (Lipinski definition) is 4. The maximum atomic E-state index is 11.0. The van der Waals surface area contributed by atoms with Gasteiger partial charge in [-0.2, -0.15) is 0 Å². The van der Waals surface area contributed by atoms with Gasteiger partial charge in [0.2, 0.25) is 0 Å². The third-order valence-corrected chi connectivity index (χ3v) is 4.24. The summed E-state index contributed by atoms with van der Waals surface area (Å²) in [4.78, 5) is 23.9. The molecule has 2 aliphatic rings. The van der Waals surface area contributed by atoms with E-state index in [4.69, 9.17) is 34.6 Å². The number of halogens is 1. The second-order valence-corrected chi connectivity index (χ2v) is 6.39. The van der Waals surface area contributed by atoms with E-state index >= 15 is 0 Å². The molecule has 2 unspecified atom stereocenters. The Labute approximate surface area is 185 Å². The zero-order valence-corrected chi connectivity index (χ0v) is 18.8. The van der Waals surface area contributed by atoms with Crippen LogP contribution in [0.2, 0.25) is 0 Å². The third-order valence-electron chi connectivity index (χ3n) is 4.24. The third kappa shape index (κ3) is 10.3. The van der Waals surface area contributed by atoms with Crippen LogP contribution in [0.3, 0.4) is 0 Å². The highest BCUT2D eigenvalue weighted by Gasteiger charge is 2.40. The van der Waals surface area contributed by atoms with Gasteiger partial charge >= 0.3 is 11.9 Å². The van der Waals surface area contributed by atoms with Crippen molar-refractivity contribution in [1.29, 1.82) is 0 Å². The minimum Gasteiger partial charge on any atom is -0.458 e. The predicted octanol–water partition coefficient (Wildman–Crippen LogP) is 0.00960. The van der Waals surface area contributed by atoms with Gasteiger partial charge in [0.1, 0.15) is 24.4 Å². The number of aliphatic hydroxyl groups is 4. The highest BCUT2D eigenvalue weighted by atomic mass is 127. The molecule has 0 bridgehead atoms. The monoisotopic (exact) mass is 538 g/mol. The molecule has 0 radical (unpaired) electrons. The molecule has 174 valence electrons. The van der Waals surface area contributed by atoms with Crippen LogP contribution in [-0.2, 0) is 28.5 Å². The maximum Gasteiger partial charge on any atom is 0.303 e. The molecule has 11 heteroatoms. The molecule has 10 nitrogen and oxygen atoms in total. The van der Waals surface area contributed by atoms with Crippen LogP contribution in [0.4, 0.5) is 0 Å². The van der Waals surface area contributed by atoms with E-state index in [0.29, 0.717) is 0 Å².